The van der Waals surface area contributed by atoms with Crippen LogP contribution >= 0.6 is 0 Å². The van der Waals surface area contributed by atoms with Crippen LogP contribution in [0.1, 0.15) is 26.3 Å². The molecule has 0 spiro atoms. The summed E-state index contributed by atoms with van der Waals surface area (Å²) in [4.78, 5) is 59.3. The number of anilines is 1. The lowest BCUT2D eigenvalue weighted by atomic mass is 10.1. The van der Waals surface area contributed by atoms with E-state index in [9.17, 15) is 23.6 Å². The highest BCUT2D eigenvalue weighted by Gasteiger charge is 2.36. The van der Waals surface area contributed by atoms with Crippen molar-refractivity contribution in [2.45, 2.75) is 6.54 Å². The Bertz CT molecular complexity index is 1840. The van der Waals surface area contributed by atoms with Crippen molar-refractivity contribution in [3.63, 3.8) is 0 Å². The van der Waals surface area contributed by atoms with E-state index in [0.717, 1.165) is 4.90 Å². The quantitative estimate of drug-likeness (QED) is 0.249. The molecular weight excluding hydrogens is 559 g/mol. The van der Waals surface area contributed by atoms with Gasteiger partial charge in [-0.2, -0.15) is 5.10 Å². The Labute approximate surface area is 242 Å². The SMILES string of the molecule is O=C(CN1C(=O)c2ccccc2C1=O)NCC(=O)Nc1ccnc(-c2cc(-c3ccon3)n(Cc3ccccc3F)n2)n1. The Balaban J connectivity index is 1.11. The Morgan fingerprint density at radius 2 is 1.65 bits per heavy atom. The fraction of sp³-hybridized carbons (Fsp3) is 0.103. The summed E-state index contributed by atoms with van der Waals surface area (Å²) in [6.45, 7) is -0.860. The number of hydrogen-bond donors (Lipinski definition) is 2. The number of nitrogens with one attached hydrogen (secondary N) is 2. The Morgan fingerprint density at radius 1 is 0.907 bits per heavy atom. The summed E-state index contributed by atoms with van der Waals surface area (Å²) in [5, 5.41) is 13.5. The van der Waals surface area contributed by atoms with Gasteiger partial charge in [0.1, 0.15) is 35.8 Å². The zero-order chi connectivity index (χ0) is 29.9. The van der Waals surface area contributed by atoms with Gasteiger partial charge in [-0.3, -0.25) is 28.8 Å². The molecule has 0 atom stereocenters. The van der Waals surface area contributed by atoms with E-state index >= 15 is 0 Å². The van der Waals surface area contributed by atoms with Gasteiger partial charge < -0.3 is 15.2 Å². The normalized spacial score (nSPS) is 12.3. The van der Waals surface area contributed by atoms with Crippen LogP contribution in [0.2, 0.25) is 0 Å². The fourth-order valence-electron chi connectivity index (χ4n) is 4.49. The summed E-state index contributed by atoms with van der Waals surface area (Å²) >= 11 is 0. The molecule has 4 amide bonds. The van der Waals surface area contributed by atoms with Crippen LogP contribution in [0.15, 0.2) is 83.7 Å². The minimum atomic E-state index is -0.686. The molecule has 0 saturated heterocycles. The smallest absolute Gasteiger partial charge is 0.262 e. The van der Waals surface area contributed by atoms with Crippen LogP contribution in [0.4, 0.5) is 10.2 Å². The van der Waals surface area contributed by atoms with Crippen molar-refractivity contribution in [1.82, 2.24) is 35.1 Å². The Kier molecular flexibility index (Phi) is 7.22. The molecular formula is C29H21FN8O5. The van der Waals surface area contributed by atoms with Crippen LogP contribution in [-0.2, 0) is 16.1 Å². The molecule has 43 heavy (non-hydrogen) atoms. The maximum atomic E-state index is 14.4. The number of fused-ring (bicyclic) bond motifs is 1. The van der Waals surface area contributed by atoms with E-state index < -0.39 is 36.7 Å². The topological polar surface area (TPSA) is 165 Å². The number of aromatic nitrogens is 5. The number of nitrogens with zero attached hydrogens (tertiary/aromatic N) is 6. The molecule has 2 aromatic carbocycles. The third kappa shape index (κ3) is 5.61. The first kappa shape index (κ1) is 27.1. The number of imide groups is 1. The summed E-state index contributed by atoms with van der Waals surface area (Å²) in [5.74, 6) is -2.51. The number of benzene rings is 2. The van der Waals surface area contributed by atoms with Crippen molar-refractivity contribution in [2.24, 2.45) is 0 Å². The zero-order valence-corrected chi connectivity index (χ0v) is 22.2. The molecule has 0 aliphatic carbocycles. The zero-order valence-electron chi connectivity index (χ0n) is 22.2. The molecule has 214 valence electrons. The molecule has 0 bridgehead atoms. The van der Waals surface area contributed by atoms with Gasteiger partial charge in [0.15, 0.2) is 5.82 Å². The van der Waals surface area contributed by atoms with Gasteiger partial charge >= 0.3 is 0 Å². The maximum absolute atomic E-state index is 14.4. The second-order valence-electron chi connectivity index (χ2n) is 9.38. The van der Waals surface area contributed by atoms with Crippen LogP contribution in [-0.4, -0.2) is 66.5 Å². The van der Waals surface area contributed by atoms with Gasteiger partial charge in [0.25, 0.3) is 11.8 Å². The first-order valence-corrected chi connectivity index (χ1v) is 12.9. The van der Waals surface area contributed by atoms with Gasteiger partial charge in [-0.25, -0.2) is 14.4 Å². The van der Waals surface area contributed by atoms with Crippen molar-refractivity contribution in [3.8, 4) is 22.9 Å². The van der Waals surface area contributed by atoms with Gasteiger partial charge in [-0.1, -0.05) is 35.5 Å². The summed E-state index contributed by atoms with van der Waals surface area (Å²) in [5.41, 5.74) is 2.20. The molecule has 0 saturated carbocycles. The van der Waals surface area contributed by atoms with Crippen LogP contribution in [0, 0.1) is 5.82 Å². The molecule has 0 radical (unpaired) electrons. The molecule has 5 aromatic rings. The third-order valence-electron chi connectivity index (χ3n) is 6.54. The minimum absolute atomic E-state index is 0.103. The van der Waals surface area contributed by atoms with Gasteiger partial charge in [-0.05, 0) is 30.3 Å². The number of amides is 4. The number of hydrogen-bond acceptors (Lipinski definition) is 9. The lowest BCUT2D eigenvalue weighted by Crippen LogP contribution is -2.42. The molecule has 2 N–H and O–H groups in total. The second kappa shape index (κ2) is 11.4. The summed E-state index contributed by atoms with van der Waals surface area (Å²) in [6.07, 6.45) is 2.82. The summed E-state index contributed by atoms with van der Waals surface area (Å²) in [6, 6.07) is 17.4. The van der Waals surface area contributed by atoms with Crippen LogP contribution in [0.25, 0.3) is 22.9 Å². The van der Waals surface area contributed by atoms with E-state index in [1.54, 1.807) is 47.1 Å². The molecule has 1 aliphatic heterocycles. The third-order valence-corrected chi connectivity index (χ3v) is 6.54. The van der Waals surface area contributed by atoms with Gasteiger partial charge in [0, 0.05) is 17.8 Å². The highest BCUT2D eigenvalue weighted by Crippen LogP contribution is 2.25. The largest absolute Gasteiger partial charge is 0.364 e. The number of carbonyl (C=O) groups is 4. The second-order valence-corrected chi connectivity index (χ2v) is 9.38. The Morgan fingerprint density at radius 3 is 2.37 bits per heavy atom. The maximum Gasteiger partial charge on any atom is 0.262 e. The first-order chi connectivity index (χ1) is 20.9. The molecule has 6 rings (SSSR count). The van der Waals surface area contributed by atoms with Gasteiger partial charge in [0.2, 0.25) is 11.8 Å². The molecule has 14 heteroatoms. The lowest BCUT2D eigenvalue weighted by Gasteiger charge is -2.13. The molecule has 3 aromatic heterocycles. The summed E-state index contributed by atoms with van der Waals surface area (Å²) < 4.78 is 20.9. The van der Waals surface area contributed by atoms with E-state index in [1.165, 1.54) is 36.7 Å². The highest BCUT2D eigenvalue weighted by atomic mass is 19.1. The predicted octanol–water partition coefficient (Wildman–Crippen LogP) is 2.53. The fourth-order valence-corrected chi connectivity index (χ4v) is 4.49. The average molecular weight is 581 g/mol. The Hall–Kier alpha value is -6.05. The lowest BCUT2D eigenvalue weighted by molar-refractivity contribution is -0.124. The van der Waals surface area contributed by atoms with Crippen molar-refractivity contribution in [3.05, 3.63) is 102 Å². The van der Waals surface area contributed by atoms with E-state index in [2.05, 4.69) is 30.9 Å². The standard InChI is InChI=1S/C29H21FN8O5/c30-20-8-4-1-5-17(20)15-38-23(21-10-12-43-36-21)13-22(35-38)27-31-11-9-24(34-27)33-25(39)14-32-26(40)16-37-28(41)18-6-2-3-7-19(18)29(37)42/h1-13H,14-16H2,(H,32,40)(H,31,33,34,39). The van der Waals surface area contributed by atoms with Gasteiger partial charge in [-0.15, -0.1) is 0 Å². The molecule has 4 heterocycles. The van der Waals surface area contributed by atoms with Crippen molar-refractivity contribution in [2.75, 3.05) is 18.4 Å². The number of rotatable bonds is 9. The van der Waals surface area contributed by atoms with E-state index in [-0.39, 0.29) is 35.1 Å². The average Bonchev–Trinajstić information content (AvgIpc) is 3.74. The molecule has 1 aliphatic rings. The van der Waals surface area contributed by atoms with Crippen molar-refractivity contribution < 1.29 is 28.1 Å². The monoisotopic (exact) mass is 580 g/mol. The van der Waals surface area contributed by atoms with Crippen LogP contribution in [0.5, 0.6) is 0 Å². The molecule has 0 fully saturated rings. The van der Waals surface area contributed by atoms with Crippen LogP contribution < -0.4 is 10.6 Å². The van der Waals surface area contributed by atoms with E-state index in [0.29, 0.717) is 22.6 Å². The van der Waals surface area contributed by atoms with Crippen molar-refractivity contribution >= 4 is 29.4 Å². The minimum Gasteiger partial charge on any atom is -0.364 e. The predicted molar refractivity (Wildman–Crippen MR) is 148 cm³/mol. The molecule has 0 unspecified atom stereocenters. The van der Waals surface area contributed by atoms with E-state index in [4.69, 9.17) is 4.52 Å². The molecule has 13 nitrogen and oxygen atoms in total. The first-order valence-electron chi connectivity index (χ1n) is 12.9. The van der Waals surface area contributed by atoms with Crippen LogP contribution in [0.3, 0.4) is 0 Å². The highest BCUT2D eigenvalue weighted by molar-refractivity contribution is 6.22. The summed E-state index contributed by atoms with van der Waals surface area (Å²) in [7, 11) is 0. The van der Waals surface area contributed by atoms with E-state index in [1.807, 2.05) is 0 Å². The number of halogens is 1. The van der Waals surface area contributed by atoms with Gasteiger partial charge in [0.05, 0.1) is 29.9 Å². The number of carbonyl (C=O) groups excluding carboxylic acids is 4. The van der Waals surface area contributed by atoms with Crippen molar-refractivity contribution in [1.29, 1.82) is 0 Å².